The third-order valence-corrected chi connectivity index (χ3v) is 3.47. The molecule has 0 bridgehead atoms. The summed E-state index contributed by atoms with van der Waals surface area (Å²) in [5.74, 6) is -0.819. The standard InChI is InChI=1S/C10H12ClNO2S/c1-6(5-9(13)14)15-10-7(11)3-2-4-8(10)12/h2-4,6H,5,12H2,1H3,(H,13,14). The van der Waals surface area contributed by atoms with E-state index in [1.165, 1.54) is 11.8 Å². The number of nitrogen functional groups attached to an aromatic ring is 1. The van der Waals surface area contributed by atoms with Crippen molar-refractivity contribution in [3.63, 3.8) is 0 Å². The molecular weight excluding hydrogens is 234 g/mol. The van der Waals surface area contributed by atoms with Crippen LogP contribution in [0.15, 0.2) is 23.1 Å². The zero-order chi connectivity index (χ0) is 11.4. The van der Waals surface area contributed by atoms with Gasteiger partial charge in [-0.15, -0.1) is 11.8 Å². The number of carboxylic acid groups (broad SMARTS) is 1. The van der Waals surface area contributed by atoms with Gasteiger partial charge < -0.3 is 10.8 Å². The minimum absolute atomic E-state index is 0.0512. The summed E-state index contributed by atoms with van der Waals surface area (Å²) in [5.41, 5.74) is 6.34. The van der Waals surface area contributed by atoms with E-state index in [4.69, 9.17) is 22.4 Å². The summed E-state index contributed by atoms with van der Waals surface area (Å²) in [6.45, 7) is 1.83. The fraction of sp³-hybridized carbons (Fsp3) is 0.300. The number of benzene rings is 1. The number of aliphatic carboxylic acids is 1. The molecule has 5 heteroatoms. The van der Waals surface area contributed by atoms with Gasteiger partial charge in [0.15, 0.2) is 0 Å². The van der Waals surface area contributed by atoms with Crippen molar-refractivity contribution in [3.8, 4) is 0 Å². The third kappa shape index (κ3) is 3.64. The van der Waals surface area contributed by atoms with Gasteiger partial charge >= 0.3 is 5.97 Å². The van der Waals surface area contributed by atoms with E-state index in [-0.39, 0.29) is 11.7 Å². The molecule has 0 saturated carbocycles. The zero-order valence-electron chi connectivity index (χ0n) is 8.24. The smallest absolute Gasteiger partial charge is 0.304 e. The van der Waals surface area contributed by atoms with Crippen LogP contribution < -0.4 is 5.73 Å². The van der Waals surface area contributed by atoms with Gasteiger partial charge in [0.25, 0.3) is 0 Å². The van der Waals surface area contributed by atoms with Gasteiger partial charge in [-0.05, 0) is 12.1 Å². The maximum absolute atomic E-state index is 10.5. The van der Waals surface area contributed by atoms with Crippen molar-refractivity contribution >= 4 is 35.0 Å². The molecule has 1 unspecified atom stereocenters. The van der Waals surface area contributed by atoms with E-state index in [9.17, 15) is 4.79 Å². The first-order chi connectivity index (χ1) is 7.00. The molecule has 3 N–H and O–H groups in total. The van der Waals surface area contributed by atoms with Crippen molar-refractivity contribution in [2.75, 3.05) is 5.73 Å². The van der Waals surface area contributed by atoms with Crippen molar-refractivity contribution in [1.29, 1.82) is 0 Å². The lowest BCUT2D eigenvalue weighted by Crippen LogP contribution is -2.06. The first-order valence-corrected chi connectivity index (χ1v) is 5.69. The molecule has 0 heterocycles. The SMILES string of the molecule is CC(CC(=O)O)Sc1c(N)cccc1Cl. The Morgan fingerprint density at radius 2 is 2.33 bits per heavy atom. The largest absolute Gasteiger partial charge is 0.481 e. The third-order valence-electron chi connectivity index (χ3n) is 1.78. The van der Waals surface area contributed by atoms with E-state index in [0.29, 0.717) is 10.7 Å². The van der Waals surface area contributed by atoms with Crippen molar-refractivity contribution in [3.05, 3.63) is 23.2 Å². The van der Waals surface area contributed by atoms with Gasteiger partial charge in [-0.25, -0.2) is 0 Å². The first kappa shape index (κ1) is 12.2. The minimum atomic E-state index is -0.819. The second-order valence-corrected chi connectivity index (χ2v) is 5.04. The predicted molar refractivity (Wildman–Crippen MR) is 63.4 cm³/mol. The van der Waals surface area contributed by atoms with Crippen LogP contribution in [-0.4, -0.2) is 16.3 Å². The highest BCUT2D eigenvalue weighted by atomic mass is 35.5. The average molecular weight is 246 g/mol. The number of anilines is 1. The van der Waals surface area contributed by atoms with Crippen molar-refractivity contribution in [1.82, 2.24) is 0 Å². The fourth-order valence-electron chi connectivity index (χ4n) is 1.14. The quantitative estimate of drug-likeness (QED) is 0.633. The summed E-state index contributed by atoms with van der Waals surface area (Å²) < 4.78 is 0. The van der Waals surface area contributed by atoms with E-state index in [0.717, 1.165) is 4.90 Å². The number of carboxylic acids is 1. The zero-order valence-corrected chi connectivity index (χ0v) is 9.81. The number of thioether (sulfide) groups is 1. The molecular formula is C10H12ClNO2S. The van der Waals surface area contributed by atoms with E-state index in [1.54, 1.807) is 18.2 Å². The van der Waals surface area contributed by atoms with Crippen LogP contribution in [0.3, 0.4) is 0 Å². The van der Waals surface area contributed by atoms with Crippen LogP contribution in [0, 0.1) is 0 Å². The predicted octanol–water partition coefficient (Wildman–Crippen LogP) is 2.88. The van der Waals surface area contributed by atoms with E-state index < -0.39 is 5.97 Å². The van der Waals surface area contributed by atoms with Crippen LogP contribution in [0.1, 0.15) is 13.3 Å². The molecule has 1 aromatic rings. The van der Waals surface area contributed by atoms with Gasteiger partial charge in [0.1, 0.15) is 0 Å². The van der Waals surface area contributed by atoms with Crippen molar-refractivity contribution in [2.24, 2.45) is 0 Å². The molecule has 0 aromatic heterocycles. The molecule has 1 atom stereocenters. The molecule has 3 nitrogen and oxygen atoms in total. The number of hydrogen-bond acceptors (Lipinski definition) is 3. The molecule has 0 aliphatic carbocycles. The van der Waals surface area contributed by atoms with Crippen molar-refractivity contribution < 1.29 is 9.90 Å². The Bertz CT molecular complexity index is 350. The van der Waals surface area contributed by atoms with E-state index in [2.05, 4.69) is 0 Å². The number of nitrogens with two attached hydrogens (primary N) is 1. The lowest BCUT2D eigenvalue weighted by molar-refractivity contribution is -0.136. The Kier molecular flexibility index (Phi) is 4.29. The highest BCUT2D eigenvalue weighted by Gasteiger charge is 2.13. The summed E-state index contributed by atoms with van der Waals surface area (Å²) in [6, 6.07) is 5.26. The second-order valence-electron chi connectivity index (χ2n) is 3.18. The molecule has 82 valence electrons. The van der Waals surface area contributed by atoms with Crippen LogP contribution in [0.4, 0.5) is 5.69 Å². The summed E-state index contributed by atoms with van der Waals surface area (Å²) >= 11 is 7.35. The van der Waals surface area contributed by atoms with Gasteiger partial charge in [0, 0.05) is 15.8 Å². The highest BCUT2D eigenvalue weighted by molar-refractivity contribution is 8.00. The summed E-state index contributed by atoms with van der Waals surface area (Å²) in [7, 11) is 0. The lowest BCUT2D eigenvalue weighted by atomic mass is 10.3. The molecule has 0 saturated heterocycles. The summed E-state index contributed by atoms with van der Waals surface area (Å²) in [5, 5.41) is 9.14. The number of hydrogen-bond donors (Lipinski definition) is 2. The van der Waals surface area contributed by atoms with Crippen LogP contribution in [0.25, 0.3) is 0 Å². The summed E-state index contributed by atoms with van der Waals surface area (Å²) in [6.07, 6.45) is 0.0926. The van der Waals surface area contributed by atoms with Gasteiger partial charge in [0.05, 0.1) is 11.4 Å². The molecule has 0 radical (unpaired) electrons. The molecule has 15 heavy (non-hydrogen) atoms. The molecule has 0 aliphatic heterocycles. The number of carbonyl (C=O) groups is 1. The van der Waals surface area contributed by atoms with Crippen molar-refractivity contribution in [2.45, 2.75) is 23.5 Å². The fourth-order valence-corrected chi connectivity index (χ4v) is 2.47. The van der Waals surface area contributed by atoms with Crippen LogP contribution >= 0.6 is 23.4 Å². The lowest BCUT2D eigenvalue weighted by Gasteiger charge is -2.11. The topological polar surface area (TPSA) is 63.3 Å². The van der Waals surface area contributed by atoms with Gasteiger partial charge in [-0.1, -0.05) is 24.6 Å². The summed E-state index contributed by atoms with van der Waals surface area (Å²) in [4.78, 5) is 11.2. The molecule has 1 rings (SSSR count). The van der Waals surface area contributed by atoms with Crippen LogP contribution in [0.2, 0.25) is 5.02 Å². The monoisotopic (exact) mass is 245 g/mol. The number of rotatable bonds is 4. The Balaban J connectivity index is 2.76. The Hall–Kier alpha value is -0.870. The first-order valence-electron chi connectivity index (χ1n) is 4.43. The second kappa shape index (κ2) is 5.28. The average Bonchev–Trinajstić information content (AvgIpc) is 2.10. The number of halogens is 1. The Morgan fingerprint density at radius 3 is 2.87 bits per heavy atom. The van der Waals surface area contributed by atoms with Crippen LogP contribution in [-0.2, 0) is 4.79 Å². The molecule has 0 spiro atoms. The normalized spacial score (nSPS) is 12.4. The minimum Gasteiger partial charge on any atom is -0.481 e. The molecule has 0 aliphatic rings. The van der Waals surface area contributed by atoms with Gasteiger partial charge in [0.2, 0.25) is 0 Å². The van der Waals surface area contributed by atoms with Crippen LogP contribution in [0.5, 0.6) is 0 Å². The Morgan fingerprint density at radius 1 is 1.67 bits per heavy atom. The maximum atomic E-state index is 10.5. The molecule has 1 aromatic carbocycles. The maximum Gasteiger partial charge on any atom is 0.304 e. The van der Waals surface area contributed by atoms with E-state index >= 15 is 0 Å². The Labute approximate surface area is 97.6 Å². The highest BCUT2D eigenvalue weighted by Crippen LogP contribution is 2.35. The molecule has 0 fully saturated rings. The van der Waals surface area contributed by atoms with Gasteiger partial charge in [-0.2, -0.15) is 0 Å². The van der Waals surface area contributed by atoms with Gasteiger partial charge in [-0.3, -0.25) is 4.79 Å². The molecule has 0 amide bonds. The van der Waals surface area contributed by atoms with E-state index in [1.807, 2.05) is 6.92 Å².